The van der Waals surface area contributed by atoms with Crippen molar-refractivity contribution >= 4 is 18.6 Å². The second kappa shape index (κ2) is 4.72. The highest BCUT2D eigenvalue weighted by atomic mass is 32.1. The number of methoxy groups -OCH3 is 1. The molecule has 0 aliphatic rings. The van der Waals surface area contributed by atoms with Gasteiger partial charge in [-0.2, -0.15) is 17.7 Å². The number of hydrogen-bond donors (Lipinski definition) is 1. The van der Waals surface area contributed by atoms with E-state index < -0.39 is 5.97 Å². The first-order chi connectivity index (χ1) is 6.70. The van der Waals surface area contributed by atoms with Gasteiger partial charge in [-0.05, 0) is 0 Å². The van der Waals surface area contributed by atoms with E-state index in [9.17, 15) is 4.79 Å². The molecule has 0 saturated heterocycles. The molecule has 74 valence electrons. The lowest BCUT2D eigenvalue weighted by atomic mass is 10.2. The van der Waals surface area contributed by atoms with E-state index in [0.29, 0.717) is 17.0 Å². The molecule has 0 spiro atoms. The van der Waals surface area contributed by atoms with Crippen LogP contribution in [0.4, 0.5) is 0 Å². The summed E-state index contributed by atoms with van der Waals surface area (Å²) in [6.45, 7) is 0. The van der Waals surface area contributed by atoms with Crippen molar-refractivity contribution in [2.24, 2.45) is 7.05 Å². The summed E-state index contributed by atoms with van der Waals surface area (Å²) < 4.78 is 6.05. The van der Waals surface area contributed by atoms with Gasteiger partial charge in [-0.15, -0.1) is 0 Å². The Morgan fingerprint density at radius 2 is 2.50 bits per heavy atom. The number of hydrogen-bond acceptors (Lipinski definition) is 4. The number of aromatic nitrogens is 2. The number of aryl methyl sites for hydroxylation is 1. The zero-order chi connectivity index (χ0) is 10.6. The molecule has 0 saturated carbocycles. The largest absolute Gasteiger partial charge is 0.464 e. The maximum absolute atomic E-state index is 11.3. The van der Waals surface area contributed by atoms with E-state index in [0.717, 1.165) is 0 Å². The first-order valence-electron chi connectivity index (χ1n) is 3.90. The Morgan fingerprint density at radius 3 is 3.07 bits per heavy atom. The maximum Gasteiger partial charge on any atom is 0.357 e. The minimum Gasteiger partial charge on any atom is -0.464 e. The van der Waals surface area contributed by atoms with Gasteiger partial charge in [0.05, 0.1) is 24.6 Å². The lowest BCUT2D eigenvalue weighted by Gasteiger charge is -1.99. The SMILES string of the molecule is COC(=O)c1c(C#CCS)cnn1C. The van der Waals surface area contributed by atoms with Gasteiger partial charge in [0.1, 0.15) is 0 Å². The van der Waals surface area contributed by atoms with E-state index in [1.165, 1.54) is 18.0 Å². The molecule has 0 bridgehead atoms. The lowest BCUT2D eigenvalue weighted by molar-refractivity contribution is 0.0588. The molecule has 0 unspecified atom stereocenters. The van der Waals surface area contributed by atoms with Gasteiger partial charge in [0.25, 0.3) is 0 Å². The number of esters is 1. The van der Waals surface area contributed by atoms with Gasteiger partial charge in [-0.3, -0.25) is 4.68 Å². The van der Waals surface area contributed by atoms with Crippen LogP contribution in [0.5, 0.6) is 0 Å². The summed E-state index contributed by atoms with van der Waals surface area (Å²) in [7, 11) is 2.99. The fraction of sp³-hybridized carbons (Fsp3) is 0.333. The second-order valence-corrected chi connectivity index (χ2v) is 2.80. The van der Waals surface area contributed by atoms with Crippen molar-refractivity contribution in [2.75, 3.05) is 12.9 Å². The molecule has 1 aromatic rings. The van der Waals surface area contributed by atoms with Gasteiger partial charge in [0.15, 0.2) is 5.69 Å². The number of thiol groups is 1. The van der Waals surface area contributed by atoms with Gasteiger partial charge in [-0.25, -0.2) is 4.79 Å². The van der Waals surface area contributed by atoms with Gasteiger partial charge in [-0.1, -0.05) is 11.8 Å². The first-order valence-corrected chi connectivity index (χ1v) is 4.54. The van der Waals surface area contributed by atoms with Crippen LogP contribution in [0.1, 0.15) is 16.1 Å². The van der Waals surface area contributed by atoms with E-state index in [-0.39, 0.29) is 0 Å². The quantitative estimate of drug-likeness (QED) is 0.417. The summed E-state index contributed by atoms with van der Waals surface area (Å²) in [4.78, 5) is 11.3. The Balaban J connectivity index is 3.12. The van der Waals surface area contributed by atoms with Gasteiger partial charge in [0, 0.05) is 7.05 Å². The molecular weight excluding hydrogens is 200 g/mol. The van der Waals surface area contributed by atoms with E-state index in [2.05, 4.69) is 34.3 Å². The number of carbonyl (C=O) groups is 1. The predicted molar refractivity (Wildman–Crippen MR) is 55.3 cm³/mol. The highest BCUT2D eigenvalue weighted by Gasteiger charge is 2.15. The van der Waals surface area contributed by atoms with Crippen molar-refractivity contribution in [3.8, 4) is 11.8 Å². The van der Waals surface area contributed by atoms with E-state index in [4.69, 9.17) is 0 Å². The molecule has 0 aliphatic carbocycles. The van der Waals surface area contributed by atoms with Crippen LogP contribution in [0, 0.1) is 11.8 Å². The summed E-state index contributed by atoms with van der Waals surface area (Å²) in [6, 6.07) is 0. The van der Waals surface area contributed by atoms with E-state index in [1.807, 2.05) is 0 Å². The van der Waals surface area contributed by atoms with Crippen LogP contribution in [-0.4, -0.2) is 28.6 Å². The van der Waals surface area contributed by atoms with Crippen molar-refractivity contribution in [1.82, 2.24) is 9.78 Å². The number of ether oxygens (including phenoxy) is 1. The molecule has 0 aromatic carbocycles. The fourth-order valence-corrected chi connectivity index (χ4v) is 1.08. The van der Waals surface area contributed by atoms with Gasteiger partial charge in [0.2, 0.25) is 0 Å². The number of rotatable bonds is 1. The van der Waals surface area contributed by atoms with Crippen LogP contribution >= 0.6 is 12.6 Å². The monoisotopic (exact) mass is 210 g/mol. The molecular formula is C9H10N2O2S. The fourth-order valence-electron chi connectivity index (χ4n) is 1.00. The normalized spacial score (nSPS) is 9.07. The Hall–Kier alpha value is -1.41. The van der Waals surface area contributed by atoms with Crippen LogP contribution in [0.3, 0.4) is 0 Å². The minimum absolute atomic E-state index is 0.363. The molecule has 1 aromatic heterocycles. The Morgan fingerprint density at radius 1 is 1.79 bits per heavy atom. The Bertz CT molecular complexity index is 401. The number of carbonyl (C=O) groups excluding carboxylic acids is 1. The second-order valence-electron chi connectivity index (χ2n) is 2.48. The summed E-state index contributed by atoms with van der Waals surface area (Å²) in [5.41, 5.74) is 0.926. The van der Waals surface area contributed by atoms with E-state index in [1.54, 1.807) is 7.05 Å². The van der Waals surface area contributed by atoms with Crippen LogP contribution in [-0.2, 0) is 11.8 Å². The standard InChI is InChI=1S/C9H10N2O2S/c1-11-8(9(12)13-2)7(6-10-11)4-3-5-14/h6,14H,5H2,1-2H3. The highest BCUT2D eigenvalue weighted by molar-refractivity contribution is 7.80. The number of nitrogens with zero attached hydrogens (tertiary/aromatic N) is 2. The summed E-state index contributed by atoms with van der Waals surface area (Å²) in [5.74, 6) is 5.54. The van der Waals surface area contributed by atoms with E-state index >= 15 is 0 Å². The highest BCUT2D eigenvalue weighted by Crippen LogP contribution is 2.06. The predicted octanol–water partition coefficient (Wildman–Crippen LogP) is 0.488. The first kappa shape index (κ1) is 10.7. The van der Waals surface area contributed by atoms with Crippen LogP contribution in [0.25, 0.3) is 0 Å². The molecule has 0 radical (unpaired) electrons. The zero-order valence-electron chi connectivity index (χ0n) is 7.94. The summed E-state index contributed by atoms with van der Waals surface area (Å²) >= 11 is 3.95. The van der Waals surface area contributed by atoms with Crippen LogP contribution < -0.4 is 0 Å². The van der Waals surface area contributed by atoms with Crippen molar-refractivity contribution in [1.29, 1.82) is 0 Å². The zero-order valence-corrected chi connectivity index (χ0v) is 8.84. The van der Waals surface area contributed by atoms with Gasteiger partial charge >= 0.3 is 5.97 Å². The van der Waals surface area contributed by atoms with Crippen molar-refractivity contribution in [3.63, 3.8) is 0 Å². The third kappa shape index (κ3) is 2.09. The summed E-state index contributed by atoms with van der Waals surface area (Å²) in [5, 5.41) is 3.93. The molecule has 14 heavy (non-hydrogen) atoms. The lowest BCUT2D eigenvalue weighted by Crippen LogP contribution is -2.09. The molecule has 0 amide bonds. The van der Waals surface area contributed by atoms with Gasteiger partial charge < -0.3 is 4.74 Å². The molecule has 4 nitrogen and oxygen atoms in total. The molecule has 1 rings (SSSR count). The van der Waals surface area contributed by atoms with Crippen LogP contribution in [0.2, 0.25) is 0 Å². The van der Waals surface area contributed by atoms with Crippen molar-refractivity contribution < 1.29 is 9.53 Å². The summed E-state index contributed by atoms with van der Waals surface area (Å²) in [6.07, 6.45) is 1.53. The molecule has 5 heteroatoms. The molecule has 0 aliphatic heterocycles. The average Bonchev–Trinajstić information content (AvgIpc) is 2.55. The Labute approximate surface area is 87.7 Å². The average molecular weight is 210 g/mol. The van der Waals surface area contributed by atoms with Crippen molar-refractivity contribution in [2.45, 2.75) is 0 Å². The third-order valence-electron chi connectivity index (χ3n) is 1.62. The molecule has 0 N–H and O–H groups in total. The smallest absolute Gasteiger partial charge is 0.357 e. The molecule has 1 heterocycles. The Kier molecular flexibility index (Phi) is 3.60. The third-order valence-corrected chi connectivity index (χ3v) is 1.78. The molecule has 0 atom stereocenters. The minimum atomic E-state index is -0.437. The topological polar surface area (TPSA) is 44.1 Å². The van der Waals surface area contributed by atoms with Crippen LogP contribution in [0.15, 0.2) is 6.20 Å². The maximum atomic E-state index is 11.3. The van der Waals surface area contributed by atoms with Crippen molar-refractivity contribution in [3.05, 3.63) is 17.5 Å². The molecule has 0 fully saturated rings.